The van der Waals surface area contributed by atoms with E-state index in [1.807, 2.05) is 6.07 Å². The van der Waals surface area contributed by atoms with E-state index < -0.39 is 5.91 Å². The van der Waals surface area contributed by atoms with Gasteiger partial charge in [-0.25, -0.2) is 10.1 Å². The summed E-state index contributed by atoms with van der Waals surface area (Å²) in [6.45, 7) is 3.61. The Morgan fingerprint density at radius 1 is 1.08 bits per heavy atom. The Hall–Kier alpha value is -3.73. The van der Waals surface area contributed by atoms with Gasteiger partial charge in [0.25, 0.3) is 17.4 Å². The Bertz CT molecular complexity index is 1520. The summed E-state index contributed by atoms with van der Waals surface area (Å²) in [6.07, 6.45) is 1.65. The average Bonchev–Trinajstić information content (AvgIpc) is 3.48. The molecule has 0 spiro atoms. The number of aryl methyl sites for hydroxylation is 1. The zero-order valence-corrected chi connectivity index (χ0v) is 21.5. The van der Waals surface area contributed by atoms with Crippen LogP contribution < -0.4 is 16.3 Å². The number of aromatic nitrogens is 3. The van der Waals surface area contributed by atoms with E-state index in [1.165, 1.54) is 4.68 Å². The first-order chi connectivity index (χ1) is 17.2. The van der Waals surface area contributed by atoms with Crippen LogP contribution in [-0.2, 0) is 6.54 Å². The summed E-state index contributed by atoms with van der Waals surface area (Å²) >= 11 is 13.1. The van der Waals surface area contributed by atoms with Crippen LogP contribution in [0.1, 0.15) is 43.2 Å². The summed E-state index contributed by atoms with van der Waals surface area (Å²) < 4.78 is 1.32. The van der Waals surface area contributed by atoms with Crippen LogP contribution in [0.15, 0.2) is 64.6 Å². The molecule has 0 fully saturated rings. The van der Waals surface area contributed by atoms with Gasteiger partial charge in [0.2, 0.25) is 0 Å². The molecule has 3 N–H and O–H groups in total. The van der Waals surface area contributed by atoms with E-state index in [9.17, 15) is 14.4 Å². The number of rotatable bonds is 7. The fourth-order valence-electron chi connectivity index (χ4n) is 3.37. The van der Waals surface area contributed by atoms with Crippen LogP contribution in [0.3, 0.4) is 0 Å². The summed E-state index contributed by atoms with van der Waals surface area (Å²) in [4.78, 5) is 42.8. The van der Waals surface area contributed by atoms with Crippen LogP contribution in [0.2, 0.25) is 10.0 Å². The molecule has 0 saturated heterocycles. The molecule has 3 aromatic heterocycles. The van der Waals surface area contributed by atoms with Gasteiger partial charge in [0.05, 0.1) is 49.0 Å². The molecule has 4 aromatic rings. The van der Waals surface area contributed by atoms with Gasteiger partial charge in [0.15, 0.2) is 0 Å². The van der Waals surface area contributed by atoms with Gasteiger partial charge in [-0.15, -0.1) is 11.3 Å². The minimum absolute atomic E-state index is 0.276. The number of hydrogen-bond donors (Lipinski definition) is 3. The Kier molecular flexibility index (Phi) is 7.68. The third-order valence-corrected chi connectivity index (χ3v) is 6.95. The number of hydrazone groups is 1. The maximum absolute atomic E-state index is 13.0. The Morgan fingerprint density at radius 2 is 1.83 bits per heavy atom. The molecule has 0 atom stereocenters. The van der Waals surface area contributed by atoms with Crippen molar-refractivity contribution in [2.24, 2.45) is 5.10 Å². The largest absolute Gasteiger partial charge is 0.346 e. The lowest BCUT2D eigenvalue weighted by Crippen LogP contribution is -2.23. The van der Waals surface area contributed by atoms with Crippen molar-refractivity contribution in [3.63, 3.8) is 0 Å². The predicted molar refractivity (Wildman–Crippen MR) is 141 cm³/mol. The van der Waals surface area contributed by atoms with Crippen molar-refractivity contribution in [2.75, 3.05) is 0 Å². The lowest BCUT2D eigenvalue weighted by molar-refractivity contribution is 0.0949. The maximum atomic E-state index is 13.0. The van der Waals surface area contributed by atoms with Crippen molar-refractivity contribution >= 4 is 52.1 Å². The molecule has 0 bridgehead atoms. The van der Waals surface area contributed by atoms with E-state index in [1.54, 1.807) is 62.5 Å². The average molecular weight is 543 g/mol. The van der Waals surface area contributed by atoms with Crippen molar-refractivity contribution in [2.45, 2.75) is 20.4 Å². The molecule has 0 unspecified atom stereocenters. The zero-order chi connectivity index (χ0) is 25.8. The molecule has 3 heterocycles. The lowest BCUT2D eigenvalue weighted by Gasteiger charge is -2.03. The quantitative estimate of drug-likeness (QED) is 0.238. The van der Waals surface area contributed by atoms with Crippen molar-refractivity contribution < 1.29 is 9.59 Å². The molecule has 0 radical (unpaired) electrons. The van der Waals surface area contributed by atoms with Gasteiger partial charge in [-0.2, -0.15) is 5.10 Å². The number of H-pyrrole nitrogens is 1. The Balaban J connectivity index is 1.44. The number of aromatic amines is 1. The van der Waals surface area contributed by atoms with Gasteiger partial charge < -0.3 is 5.32 Å². The van der Waals surface area contributed by atoms with Crippen molar-refractivity contribution in [1.29, 1.82) is 0 Å². The molecule has 12 heteroatoms. The van der Waals surface area contributed by atoms with Crippen LogP contribution in [-0.4, -0.2) is 32.3 Å². The van der Waals surface area contributed by atoms with Gasteiger partial charge in [0, 0.05) is 11.9 Å². The van der Waals surface area contributed by atoms with E-state index in [0.29, 0.717) is 42.5 Å². The van der Waals surface area contributed by atoms with Gasteiger partial charge in [-0.05, 0) is 56.3 Å². The zero-order valence-electron chi connectivity index (χ0n) is 19.1. The van der Waals surface area contributed by atoms with E-state index in [4.69, 9.17) is 23.2 Å². The van der Waals surface area contributed by atoms with Crippen molar-refractivity contribution in [3.8, 4) is 5.69 Å². The number of nitrogens with zero attached hydrogens (tertiary/aromatic N) is 3. The molecular formula is C24H20Cl2N6O3S. The Labute approximate surface area is 219 Å². The van der Waals surface area contributed by atoms with Gasteiger partial charge in [-0.3, -0.25) is 24.5 Å². The smallest absolute Gasteiger partial charge is 0.281 e. The number of hydrogen-bond acceptors (Lipinski definition) is 6. The third kappa shape index (κ3) is 5.56. The number of thiophene rings is 1. The second-order valence-corrected chi connectivity index (χ2v) is 9.55. The number of carbonyl (C=O) groups excluding carboxylic acids is 2. The van der Waals surface area contributed by atoms with E-state index in [0.717, 1.165) is 17.0 Å². The van der Waals surface area contributed by atoms with E-state index in [-0.39, 0.29) is 18.0 Å². The highest BCUT2D eigenvalue weighted by molar-refractivity contribution is 7.15. The fraction of sp³-hybridized carbons (Fsp3) is 0.125. The first kappa shape index (κ1) is 25.4. The van der Waals surface area contributed by atoms with Crippen LogP contribution >= 0.6 is 34.5 Å². The maximum Gasteiger partial charge on any atom is 0.281 e. The molecule has 0 saturated carbocycles. The molecule has 9 nitrogen and oxygen atoms in total. The number of benzene rings is 1. The second-order valence-electron chi connectivity index (χ2n) is 7.66. The fourth-order valence-corrected chi connectivity index (χ4v) is 4.47. The first-order valence-corrected chi connectivity index (χ1v) is 12.2. The van der Waals surface area contributed by atoms with Crippen molar-refractivity contribution in [1.82, 2.24) is 25.5 Å². The molecular weight excluding hydrogens is 523 g/mol. The Morgan fingerprint density at radius 3 is 2.53 bits per heavy atom. The SMILES string of the molecule is CC(=NNC(=O)c1ccc(C(=O)NCc2ccccn2)s1)c1c(C)[nH]n(-c2ccc(Cl)c(Cl)c2)c1=O. The number of nitrogens with one attached hydrogen (secondary N) is 3. The molecule has 0 aliphatic carbocycles. The van der Waals surface area contributed by atoms with E-state index in [2.05, 4.69) is 25.9 Å². The molecule has 1 aromatic carbocycles. The standard InChI is InChI=1S/C24H20Cl2N6O3S/c1-13(21-14(2)31-32(24(21)35)16-6-7-17(25)18(26)11-16)29-30-23(34)20-9-8-19(36-20)22(33)28-12-15-5-3-4-10-27-15/h3-11,31H,12H2,1-2H3,(H,28,33)(H,30,34). The van der Waals surface area contributed by atoms with Crippen LogP contribution in [0.4, 0.5) is 0 Å². The minimum Gasteiger partial charge on any atom is -0.346 e. The van der Waals surface area contributed by atoms with Crippen LogP contribution in [0.5, 0.6) is 0 Å². The molecule has 4 rings (SSSR count). The minimum atomic E-state index is -0.499. The van der Waals surface area contributed by atoms with Gasteiger partial charge in [-0.1, -0.05) is 29.3 Å². The highest BCUT2D eigenvalue weighted by atomic mass is 35.5. The van der Waals surface area contributed by atoms with E-state index >= 15 is 0 Å². The molecule has 2 amide bonds. The molecule has 0 aliphatic heterocycles. The second kappa shape index (κ2) is 10.9. The van der Waals surface area contributed by atoms with Gasteiger partial charge in [0.1, 0.15) is 0 Å². The summed E-state index contributed by atoms with van der Waals surface area (Å²) in [7, 11) is 0. The summed E-state index contributed by atoms with van der Waals surface area (Å²) in [5.74, 6) is -0.809. The highest BCUT2D eigenvalue weighted by Crippen LogP contribution is 2.24. The normalized spacial score (nSPS) is 11.4. The summed E-state index contributed by atoms with van der Waals surface area (Å²) in [6, 6.07) is 13.4. The van der Waals surface area contributed by atoms with Crippen LogP contribution in [0, 0.1) is 6.92 Å². The highest BCUT2D eigenvalue weighted by Gasteiger charge is 2.17. The first-order valence-electron chi connectivity index (χ1n) is 10.6. The van der Waals surface area contributed by atoms with Crippen LogP contribution in [0.25, 0.3) is 5.69 Å². The van der Waals surface area contributed by atoms with Gasteiger partial charge >= 0.3 is 0 Å². The molecule has 0 aliphatic rings. The molecule has 36 heavy (non-hydrogen) atoms. The van der Waals surface area contributed by atoms with Crippen molar-refractivity contribution in [3.05, 3.63) is 102 Å². The monoisotopic (exact) mass is 542 g/mol. The summed E-state index contributed by atoms with van der Waals surface area (Å²) in [5, 5.41) is 10.5. The number of halogens is 2. The summed E-state index contributed by atoms with van der Waals surface area (Å²) in [5.41, 5.74) is 4.50. The topological polar surface area (TPSA) is 121 Å². The molecule has 184 valence electrons. The number of pyridine rings is 1. The lowest BCUT2D eigenvalue weighted by atomic mass is 10.2. The predicted octanol–water partition coefficient (Wildman–Crippen LogP) is 4.32. The number of amides is 2. The third-order valence-electron chi connectivity index (χ3n) is 5.13. The number of carbonyl (C=O) groups is 2.